The number of hydrogen-bond acceptors (Lipinski definition) is 3. The molecule has 2 aromatic rings. The number of fused-ring (bicyclic) bond motifs is 2. The smallest absolute Gasteiger partial charge is 0.338 e. The predicted octanol–water partition coefficient (Wildman–Crippen LogP) is 5.90. The van der Waals surface area contributed by atoms with Gasteiger partial charge in [0.05, 0.1) is 12.2 Å². The third-order valence-electron chi connectivity index (χ3n) is 4.64. The molecule has 26 heavy (non-hydrogen) atoms. The van der Waals surface area contributed by atoms with Gasteiger partial charge in [0.25, 0.3) is 0 Å². The molecule has 3 nitrogen and oxygen atoms in total. The van der Waals surface area contributed by atoms with E-state index in [1.54, 1.807) is 0 Å². The van der Waals surface area contributed by atoms with Crippen LogP contribution >= 0.6 is 0 Å². The molecule has 1 heterocycles. The van der Waals surface area contributed by atoms with Crippen LogP contribution in [0.1, 0.15) is 66.9 Å². The number of rotatable bonds is 8. The molecule has 0 N–H and O–H groups in total. The first-order valence-electron chi connectivity index (χ1n) is 9.34. The van der Waals surface area contributed by atoms with Crippen LogP contribution in [0.25, 0.3) is 0 Å². The molecule has 1 aliphatic rings. The van der Waals surface area contributed by atoms with Gasteiger partial charge in [-0.25, -0.2) is 4.79 Å². The monoisotopic (exact) mass is 402 g/mol. The minimum absolute atomic E-state index is 0. The third kappa shape index (κ3) is 5.17. The van der Waals surface area contributed by atoms with E-state index in [0.717, 1.165) is 35.5 Å². The van der Waals surface area contributed by atoms with Gasteiger partial charge in [-0.15, -0.1) is 0 Å². The van der Waals surface area contributed by atoms with E-state index < -0.39 is 0 Å². The Labute approximate surface area is 168 Å². The average molecular weight is 404 g/mol. The first kappa shape index (κ1) is 20.6. The second-order valence-corrected chi connectivity index (χ2v) is 6.57. The van der Waals surface area contributed by atoms with E-state index in [1.807, 2.05) is 42.5 Å². The topological polar surface area (TPSA) is 35.5 Å². The standard InChI is InChI=1S/C22H26O3.Zn/c1-2-3-4-5-6-9-15-24-22(23)18-12-10-14-21-19(18)16-17-11-7-8-13-20(17)25-21;/h7-8,10-14H,2-6,9,15-16H2,1H3;. The first-order valence-corrected chi connectivity index (χ1v) is 9.34. The van der Waals surface area contributed by atoms with Crippen molar-refractivity contribution in [2.75, 3.05) is 6.61 Å². The molecular weight excluding hydrogens is 378 g/mol. The van der Waals surface area contributed by atoms with Gasteiger partial charge in [0.1, 0.15) is 11.5 Å². The zero-order valence-corrected chi connectivity index (χ0v) is 18.6. The molecule has 3 rings (SSSR count). The fourth-order valence-corrected chi connectivity index (χ4v) is 3.22. The van der Waals surface area contributed by atoms with Crippen LogP contribution < -0.4 is 4.74 Å². The fraction of sp³-hybridized carbons (Fsp3) is 0.409. The average Bonchev–Trinajstić information content (AvgIpc) is 2.65. The Hall–Kier alpha value is -1.67. The van der Waals surface area contributed by atoms with Crippen molar-refractivity contribution in [2.45, 2.75) is 51.9 Å². The van der Waals surface area contributed by atoms with E-state index in [4.69, 9.17) is 9.47 Å². The number of carbonyl (C=O) groups is 1. The van der Waals surface area contributed by atoms with Crippen LogP contribution in [0.2, 0.25) is 0 Å². The molecule has 0 saturated heterocycles. The number of benzene rings is 2. The Morgan fingerprint density at radius 3 is 2.54 bits per heavy atom. The van der Waals surface area contributed by atoms with Crippen LogP contribution in [0.5, 0.6) is 11.5 Å². The summed E-state index contributed by atoms with van der Waals surface area (Å²) in [5.41, 5.74) is 2.65. The quantitative estimate of drug-likeness (QED) is 0.267. The van der Waals surface area contributed by atoms with Crippen molar-refractivity contribution in [2.24, 2.45) is 0 Å². The summed E-state index contributed by atoms with van der Waals surface area (Å²) in [4.78, 5) is 12.5. The minimum Gasteiger partial charge on any atom is -0.462 e. The SMILES string of the molecule is CCCCCCCCOC(=O)c1cccc2c1Cc1ccccc1O2.[Zn]. The van der Waals surface area contributed by atoms with Gasteiger partial charge in [0, 0.05) is 31.5 Å². The van der Waals surface area contributed by atoms with Crippen molar-refractivity contribution < 1.29 is 33.7 Å². The molecule has 0 spiro atoms. The van der Waals surface area contributed by atoms with Crippen molar-refractivity contribution in [3.63, 3.8) is 0 Å². The maximum atomic E-state index is 12.5. The normalized spacial score (nSPS) is 11.6. The van der Waals surface area contributed by atoms with Crippen molar-refractivity contribution >= 4 is 5.97 Å². The first-order chi connectivity index (χ1) is 12.3. The van der Waals surface area contributed by atoms with Crippen molar-refractivity contribution in [1.29, 1.82) is 0 Å². The molecule has 2 aromatic carbocycles. The molecule has 1 aliphatic heterocycles. The van der Waals surface area contributed by atoms with E-state index in [-0.39, 0.29) is 25.4 Å². The van der Waals surface area contributed by atoms with Gasteiger partial charge in [0.15, 0.2) is 0 Å². The van der Waals surface area contributed by atoms with Crippen LogP contribution in [0.15, 0.2) is 42.5 Å². The summed E-state index contributed by atoms with van der Waals surface area (Å²) in [5, 5.41) is 0. The zero-order chi connectivity index (χ0) is 17.5. The van der Waals surface area contributed by atoms with Crippen LogP contribution in [0.4, 0.5) is 0 Å². The number of carbonyl (C=O) groups excluding carboxylic acids is 1. The zero-order valence-electron chi connectivity index (χ0n) is 15.6. The molecule has 0 unspecified atom stereocenters. The summed E-state index contributed by atoms with van der Waals surface area (Å²) in [7, 11) is 0. The van der Waals surface area contributed by atoms with Crippen LogP contribution in [-0.4, -0.2) is 12.6 Å². The number of ether oxygens (including phenoxy) is 2. The van der Waals surface area contributed by atoms with E-state index in [1.165, 1.54) is 25.7 Å². The van der Waals surface area contributed by atoms with Gasteiger partial charge in [-0.3, -0.25) is 0 Å². The molecule has 0 bridgehead atoms. The summed E-state index contributed by atoms with van der Waals surface area (Å²) in [6.45, 7) is 2.70. The summed E-state index contributed by atoms with van der Waals surface area (Å²) in [5.74, 6) is 1.38. The molecule has 0 radical (unpaired) electrons. The summed E-state index contributed by atoms with van der Waals surface area (Å²) in [6, 6.07) is 13.6. The van der Waals surface area contributed by atoms with E-state index >= 15 is 0 Å². The Morgan fingerprint density at radius 1 is 0.962 bits per heavy atom. The second kappa shape index (κ2) is 10.5. The summed E-state index contributed by atoms with van der Waals surface area (Å²) < 4.78 is 11.4. The fourth-order valence-electron chi connectivity index (χ4n) is 3.22. The predicted molar refractivity (Wildman–Crippen MR) is 99.4 cm³/mol. The Kier molecular flexibility index (Phi) is 8.32. The van der Waals surface area contributed by atoms with Gasteiger partial charge < -0.3 is 9.47 Å². The maximum Gasteiger partial charge on any atom is 0.338 e. The number of unbranched alkanes of at least 4 members (excludes halogenated alkanes) is 5. The largest absolute Gasteiger partial charge is 0.462 e. The molecule has 4 heteroatoms. The maximum absolute atomic E-state index is 12.5. The van der Waals surface area contributed by atoms with E-state index in [0.29, 0.717) is 18.6 Å². The third-order valence-corrected chi connectivity index (χ3v) is 4.64. The molecule has 0 saturated carbocycles. The number of para-hydroxylation sites is 1. The minimum atomic E-state index is -0.242. The van der Waals surface area contributed by atoms with Crippen LogP contribution in [0, 0.1) is 0 Å². The van der Waals surface area contributed by atoms with Gasteiger partial charge in [0.2, 0.25) is 0 Å². The Bertz CT molecular complexity index is 727. The van der Waals surface area contributed by atoms with E-state index in [9.17, 15) is 4.79 Å². The summed E-state index contributed by atoms with van der Waals surface area (Å²) in [6.07, 6.45) is 7.79. The number of esters is 1. The second-order valence-electron chi connectivity index (χ2n) is 6.57. The molecular formula is C22H26O3Zn. The summed E-state index contributed by atoms with van der Waals surface area (Å²) >= 11 is 0. The van der Waals surface area contributed by atoms with Gasteiger partial charge >= 0.3 is 5.97 Å². The van der Waals surface area contributed by atoms with Gasteiger partial charge in [-0.05, 0) is 30.2 Å². The molecule has 0 fully saturated rings. The van der Waals surface area contributed by atoms with Gasteiger partial charge in [-0.1, -0.05) is 63.3 Å². The Balaban J connectivity index is 0.00000243. The van der Waals surface area contributed by atoms with Crippen LogP contribution in [0.3, 0.4) is 0 Å². The van der Waals surface area contributed by atoms with E-state index in [2.05, 4.69) is 6.92 Å². The molecule has 0 atom stereocenters. The van der Waals surface area contributed by atoms with Crippen molar-refractivity contribution in [3.8, 4) is 11.5 Å². The van der Waals surface area contributed by atoms with Crippen molar-refractivity contribution in [1.82, 2.24) is 0 Å². The molecule has 0 aliphatic carbocycles. The molecule has 0 aromatic heterocycles. The van der Waals surface area contributed by atoms with Gasteiger partial charge in [-0.2, -0.15) is 0 Å². The molecule has 0 amide bonds. The van der Waals surface area contributed by atoms with Crippen molar-refractivity contribution in [3.05, 3.63) is 59.2 Å². The Morgan fingerprint density at radius 2 is 1.69 bits per heavy atom. The van der Waals surface area contributed by atoms with Crippen LogP contribution in [-0.2, 0) is 30.6 Å². The number of hydrogen-bond donors (Lipinski definition) is 0. The molecule has 134 valence electrons.